The minimum Gasteiger partial charge on any atom is -0.469 e. The molecule has 0 saturated heterocycles. The molecule has 4 atom stereocenters. The van der Waals surface area contributed by atoms with Gasteiger partial charge in [-0.1, -0.05) is 81.4 Å². The minimum atomic E-state index is -1.11. The van der Waals surface area contributed by atoms with Crippen molar-refractivity contribution in [3.63, 3.8) is 0 Å². The smallest absolute Gasteiger partial charge is 0.408 e. The fraction of sp³-hybridized carbons (Fsp3) is 0.289. The zero-order valence-corrected chi connectivity index (χ0v) is 28.3. The largest absolute Gasteiger partial charge is 0.469 e. The van der Waals surface area contributed by atoms with E-state index in [4.69, 9.17) is 28.0 Å². The number of carbonyl (C=O) groups is 3. The first-order chi connectivity index (χ1) is 24.6. The van der Waals surface area contributed by atoms with Gasteiger partial charge in [0.05, 0.1) is 7.11 Å². The highest BCUT2D eigenvalue weighted by Crippen LogP contribution is 2.59. The zero-order chi connectivity index (χ0) is 35.5. The topological polar surface area (TPSA) is 167 Å². The number of benzene rings is 3. The second-order valence-corrected chi connectivity index (χ2v) is 13.9. The van der Waals surface area contributed by atoms with Crippen molar-refractivity contribution in [2.45, 2.75) is 57.5 Å². The van der Waals surface area contributed by atoms with Crippen LogP contribution in [0.3, 0.4) is 0 Å². The molecule has 5 aromatic rings. The number of rotatable bonds is 5. The maximum atomic E-state index is 14.2. The second-order valence-electron chi connectivity index (χ2n) is 13.9. The molecule has 1 spiro atoms. The van der Waals surface area contributed by atoms with Gasteiger partial charge in [-0.25, -0.2) is 19.6 Å². The van der Waals surface area contributed by atoms with Crippen LogP contribution in [0.15, 0.2) is 87.9 Å². The van der Waals surface area contributed by atoms with E-state index in [1.165, 1.54) is 13.4 Å². The molecule has 260 valence electrons. The van der Waals surface area contributed by atoms with Gasteiger partial charge in [-0.15, -0.1) is 0 Å². The van der Waals surface area contributed by atoms with Gasteiger partial charge < -0.3 is 39.0 Å². The van der Waals surface area contributed by atoms with Crippen molar-refractivity contribution in [1.82, 2.24) is 20.6 Å². The first-order valence-corrected chi connectivity index (χ1v) is 16.6. The summed E-state index contributed by atoms with van der Waals surface area (Å²) in [5.41, 5.74) is 2.46. The van der Waals surface area contributed by atoms with Crippen molar-refractivity contribution >= 4 is 23.7 Å². The van der Waals surface area contributed by atoms with Gasteiger partial charge in [0.2, 0.25) is 17.7 Å². The number of methoxy groups -OCH3 is 1. The molecule has 3 aliphatic rings. The predicted octanol–water partition coefficient (Wildman–Crippen LogP) is 5.65. The maximum absolute atomic E-state index is 14.2. The number of esters is 1. The highest BCUT2D eigenvalue weighted by Gasteiger charge is 2.61. The quantitative estimate of drug-likeness (QED) is 0.195. The van der Waals surface area contributed by atoms with Crippen LogP contribution in [0.25, 0.3) is 11.6 Å². The van der Waals surface area contributed by atoms with Crippen LogP contribution in [0.1, 0.15) is 71.2 Å². The van der Waals surface area contributed by atoms with Crippen molar-refractivity contribution < 1.29 is 37.4 Å². The van der Waals surface area contributed by atoms with E-state index in [0.717, 1.165) is 27.9 Å². The highest BCUT2D eigenvalue weighted by atomic mass is 16.5. The number of hydrogen-bond donors (Lipinski definition) is 3. The Kier molecular flexibility index (Phi) is 7.58. The summed E-state index contributed by atoms with van der Waals surface area (Å²) in [7, 11) is 1.26. The summed E-state index contributed by atoms with van der Waals surface area (Å²) in [6.07, 6.45) is -0.0496. The summed E-state index contributed by atoms with van der Waals surface area (Å²) in [5, 5.41) is 9.42. The van der Waals surface area contributed by atoms with Crippen LogP contribution in [0.4, 0.5) is 10.5 Å². The van der Waals surface area contributed by atoms with E-state index in [9.17, 15) is 14.4 Å². The number of nitrogens with zero attached hydrogens (tertiary/aromatic N) is 2. The number of alkyl carbamates (subject to hydrolysis) is 1. The Morgan fingerprint density at radius 2 is 1.78 bits per heavy atom. The average molecular weight is 690 g/mol. The van der Waals surface area contributed by atoms with Crippen LogP contribution in [-0.2, 0) is 32.7 Å². The van der Waals surface area contributed by atoms with Crippen LogP contribution in [0.5, 0.6) is 5.75 Å². The molecular weight excluding hydrogens is 654 g/mol. The number of para-hydroxylation sites is 1. The molecule has 0 unspecified atom stereocenters. The van der Waals surface area contributed by atoms with E-state index in [1.54, 1.807) is 0 Å². The van der Waals surface area contributed by atoms with Crippen molar-refractivity contribution in [2.75, 3.05) is 12.4 Å². The van der Waals surface area contributed by atoms with Crippen LogP contribution in [0, 0.1) is 5.41 Å². The van der Waals surface area contributed by atoms with E-state index >= 15 is 0 Å². The summed E-state index contributed by atoms with van der Waals surface area (Å²) in [6, 6.07) is 21.0. The molecule has 3 N–H and O–H groups in total. The van der Waals surface area contributed by atoms with Crippen LogP contribution in [0.2, 0.25) is 0 Å². The third-order valence-corrected chi connectivity index (χ3v) is 9.51. The molecule has 0 fully saturated rings. The number of carbonyl (C=O) groups excluding carboxylic acids is 3. The number of aromatic nitrogens is 2. The Hall–Kier alpha value is -6.11. The third-order valence-electron chi connectivity index (χ3n) is 9.51. The Morgan fingerprint density at radius 1 is 1.00 bits per heavy atom. The Morgan fingerprint density at radius 3 is 2.57 bits per heavy atom. The maximum Gasteiger partial charge on any atom is 0.408 e. The van der Waals surface area contributed by atoms with E-state index in [0.29, 0.717) is 11.5 Å². The highest BCUT2D eigenvalue weighted by molar-refractivity contribution is 5.88. The van der Waals surface area contributed by atoms with Gasteiger partial charge in [-0.3, -0.25) is 4.79 Å². The molecule has 3 aromatic carbocycles. The molecule has 51 heavy (non-hydrogen) atoms. The number of fused-ring (bicyclic) bond motifs is 4. The van der Waals surface area contributed by atoms with Gasteiger partial charge in [-0.05, 0) is 34.2 Å². The first kappa shape index (κ1) is 32.1. The first-order valence-electron chi connectivity index (χ1n) is 16.6. The van der Waals surface area contributed by atoms with Gasteiger partial charge in [0.1, 0.15) is 36.1 Å². The molecule has 0 saturated carbocycles. The Labute approximate surface area is 292 Å². The molecule has 5 heterocycles. The summed E-state index contributed by atoms with van der Waals surface area (Å²) in [5.74, 6) is 0.0128. The number of oxazole rings is 2. The van der Waals surface area contributed by atoms with Crippen LogP contribution < -0.4 is 20.7 Å². The number of hydrogen-bond acceptors (Lipinski definition) is 11. The lowest BCUT2D eigenvalue weighted by Gasteiger charge is -2.32. The molecular formula is C38H35N5O8. The number of nitrogens with one attached hydrogen (secondary N) is 3. The van der Waals surface area contributed by atoms with Crippen molar-refractivity contribution in [2.24, 2.45) is 5.41 Å². The van der Waals surface area contributed by atoms with Crippen molar-refractivity contribution in [3.8, 4) is 17.3 Å². The molecule has 0 radical (unpaired) electrons. The van der Waals surface area contributed by atoms with Gasteiger partial charge in [0, 0.05) is 17.7 Å². The molecule has 2 aromatic heterocycles. The molecule has 8 rings (SSSR count). The number of ether oxygens (including phenoxy) is 3. The average Bonchev–Trinajstić information content (AvgIpc) is 3.90. The Balaban J connectivity index is 1.30. The van der Waals surface area contributed by atoms with E-state index in [2.05, 4.69) is 20.9 Å². The van der Waals surface area contributed by atoms with Crippen molar-refractivity contribution in [1.29, 1.82) is 0 Å². The molecule has 13 nitrogen and oxygen atoms in total. The summed E-state index contributed by atoms with van der Waals surface area (Å²) < 4.78 is 29.7. The van der Waals surface area contributed by atoms with E-state index in [-0.39, 0.29) is 36.2 Å². The minimum absolute atomic E-state index is 0.0251. The standard InChI is InChI=1S/C38H35N5O8/c1-37(2,3)29-33-42-28(32-39-26(19-48-32)34(45)47-4)30(51-33)38-22-12-8-9-13-24(22)40-35(38)50-27-15-14-21(16-23(27)38)17-25(31(44)43-29)41-36(46)49-18-20-10-6-5-7-11-20/h5-16,19,25,29,35,40H,17-18H2,1-4H3,(H,41,46)(H,43,44)/t25-,29+,35+,38-/m0/s1. The van der Waals surface area contributed by atoms with E-state index < -0.39 is 47.1 Å². The number of amides is 2. The second kappa shape index (κ2) is 12.0. The van der Waals surface area contributed by atoms with E-state index in [1.807, 2.05) is 93.6 Å². The fourth-order valence-electron chi connectivity index (χ4n) is 7.05. The van der Waals surface area contributed by atoms with Gasteiger partial charge in [0.15, 0.2) is 23.4 Å². The molecule has 2 amide bonds. The van der Waals surface area contributed by atoms with Gasteiger partial charge in [-0.2, -0.15) is 0 Å². The lowest BCUT2D eigenvalue weighted by atomic mass is 9.72. The zero-order valence-electron chi connectivity index (χ0n) is 28.3. The van der Waals surface area contributed by atoms with Crippen LogP contribution >= 0.6 is 0 Å². The molecule has 3 aliphatic heterocycles. The summed E-state index contributed by atoms with van der Waals surface area (Å²) >= 11 is 0. The normalized spacial score (nSPS) is 21.5. The molecule has 13 heteroatoms. The Bertz CT molecular complexity index is 2170. The SMILES string of the molecule is COC(=O)c1coc(-c2nc3oc2[C@@]24c5ccccc5N[C@@H]2Oc2ccc(cc24)C[C@H](NC(=O)OCc2ccccc2)C(=O)N[C@H]3C(C)(C)C)n1. The van der Waals surface area contributed by atoms with Crippen LogP contribution in [-0.4, -0.2) is 47.3 Å². The fourth-order valence-corrected chi connectivity index (χ4v) is 7.05. The summed E-state index contributed by atoms with van der Waals surface area (Å²) in [4.78, 5) is 49.2. The van der Waals surface area contributed by atoms with Gasteiger partial charge in [0.25, 0.3) is 0 Å². The predicted molar refractivity (Wildman–Crippen MR) is 182 cm³/mol. The molecule has 0 aliphatic carbocycles. The number of anilines is 1. The lowest BCUT2D eigenvalue weighted by molar-refractivity contribution is -0.124. The van der Waals surface area contributed by atoms with Gasteiger partial charge >= 0.3 is 12.1 Å². The molecule has 4 bridgehead atoms. The monoisotopic (exact) mass is 689 g/mol. The van der Waals surface area contributed by atoms with Crippen molar-refractivity contribution in [3.05, 3.63) is 119 Å². The summed E-state index contributed by atoms with van der Waals surface area (Å²) in [6.45, 7) is 5.87. The third kappa shape index (κ3) is 5.36. The lowest BCUT2D eigenvalue weighted by Crippen LogP contribution is -2.50.